The quantitative estimate of drug-likeness (QED) is 0.0804. The van der Waals surface area contributed by atoms with Crippen molar-refractivity contribution in [3.05, 3.63) is 78.8 Å². The Kier molecular flexibility index (Phi) is 15.2. The van der Waals surface area contributed by atoms with Gasteiger partial charge >= 0.3 is 12.0 Å². The lowest BCUT2D eigenvalue weighted by Crippen LogP contribution is -2.50. The molecule has 1 spiro atoms. The van der Waals surface area contributed by atoms with Crippen LogP contribution in [0.3, 0.4) is 0 Å². The van der Waals surface area contributed by atoms with Gasteiger partial charge < -0.3 is 29.7 Å². The molecule has 6 aromatic heterocycles. The van der Waals surface area contributed by atoms with Gasteiger partial charge in [-0.1, -0.05) is 28.7 Å². The highest BCUT2D eigenvalue weighted by molar-refractivity contribution is 7.19. The van der Waals surface area contributed by atoms with E-state index in [1.165, 1.54) is 42.6 Å². The summed E-state index contributed by atoms with van der Waals surface area (Å²) in [4.78, 5) is 49.4. The number of anilines is 4. The summed E-state index contributed by atoms with van der Waals surface area (Å²) in [5, 5.41) is 8.19. The van der Waals surface area contributed by atoms with Crippen molar-refractivity contribution in [2.24, 2.45) is 5.41 Å². The lowest BCUT2D eigenvalue weighted by atomic mass is 9.85. The molecule has 72 heavy (non-hydrogen) atoms. The average Bonchev–Trinajstić information content (AvgIpc) is 3.73. The fourth-order valence-electron chi connectivity index (χ4n) is 10.5. The molecular weight excluding hydrogens is 947 g/mol. The van der Waals surface area contributed by atoms with Crippen LogP contribution in [0.25, 0.3) is 21.1 Å². The maximum Gasteiger partial charge on any atom is 0.499 e. The number of nitrogens with zero attached hydrogens (tertiary/aromatic N) is 13. The van der Waals surface area contributed by atoms with E-state index < -0.39 is 0 Å². The van der Waals surface area contributed by atoms with E-state index in [-0.39, 0.29) is 12.2 Å². The van der Waals surface area contributed by atoms with Crippen molar-refractivity contribution < 1.29 is 18.8 Å². The lowest BCUT2D eigenvalue weighted by Gasteiger charge is -2.36. The van der Waals surface area contributed by atoms with Gasteiger partial charge in [-0.2, -0.15) is 9.55 Å². The molecule has 11 rings (SSSR count). The molecule has 18 nitrogen and oxygen atoms in total. The van der Waals surface area contributed by atoms with Gasteiger partial charge in [0.1, 0.15) is 29.4 Å². The molecule has 5 aliphatic rings. The van der Waals surface area contributed by atoms with Gasteiger partial charge in [0.05, 0.1) is 29.1 Å². The fraction of sp³-hybridized carbons (Fsp3) is 0.558. The van der Waals surface area contributed by atoms with Crippen LogP contribution in [-0.2, 0) is 17.8 Å². The molecule has 5 fully saturated rings. The molecule has 1 atom stereocenters. The van der Waals surface area contributed by atoms with Crippen LogP contribution >= 0.6 is 22.7 Å². The normalized spacial score (nSPS) is 21.7. The summed E-state index contributed by atoms with van der Waals surface area (Å²) in [6.45, 7) is 13.1. The monoisotopic (exact) mass is 1010 g/mol. The number of piperazine rings is 2. The van der Waals surface area contributed by atoms with Crippen LogP contribution in [-0.4, -0.2) is 151 Å². The van der Waals surface area contributed by atoms with E-state index in [1.807, 2.05) is 30.9 Å². The highest BCUT2D eigenvalue weighted by Crippen LogP contribution is 2.56. The first-order valence-corrected chi connectivity index (χ1v) is 27.6. The Morgan fingerprint density at radius 2 is 1.36 bits per heavy atom. The largest absolute Gasteiger partial charge is 0.499 e. The summed E-state index contributed by atoms with van der Waals surface area (Å²) in [7, 11) is 3.97. The first-order chi connectivity index (χ1) is 35.3. The molecular formula is C52H68N15O3S2+. The van der Waals surface area contributed by atoms with Gasteiger partial charge in [0.15, 0.2) is 10.3 Å². The van der Waals surface area contributed by atoms with Crippen molar-refractivity contribution >= 4 is 44.7 Å². The smallest absolute Gasteiger partial charge is 0.460 e. The Bertz CT molecular complexity index is 2690. The van der Waals surface area contributed by atoms with E-state index in [0.29, 0.717) is 40.7 Å². The Hall–Kier alpha value is -5.35. The molecule has 0 aromatic carbocycles. The third-order valence-electron chi connectivity index (χ3n) is 15.5. The van der Waals surface area contributed by atoms with Gasteiger partial charge in [0, 0.05) is 121 Å². The van der Waals surface area contributed by atoms with Crippen molar-refractivity contribution in [3.8, 4) is 33.2 Å². The van der Waals surface area contributed by atoms with Gasteiger partial charge in [0.25, 0.3) is 0 Å². The third kappa shape index (κ3) is 12.3. The maximum atomic E-state index is 6.81. The van der Waals surface area contributed by atoms with E-state index in [4.69, 9.17) is 29.2 Å². The van der Waals surface area contributed by atoms with E-state index >= 15 is 0 Å². The summed E-state index contributed by atoms with van der Waals surface area (Å²) < 4.78 is 20.7. The number of aromatic nitrogens is 9. The Morgan fingerprint density at radius 3 is 2.06 bits per heavy atom. The van der Waals surface area contributed by atoms with Crippen LogP contribution in [0.15, 0.2) is 67.6 Å². The molecule has 0 amide bonds. The van der Waals surface area contributed by atoms with Gasteiger partial charge in [-0.25, -0.2) is 29.9 Å². The Morgan fingerprint density at radius 1 is 0.681 bits per heavy atom. The zero-order valence-electron chi connectivity index (χ0n) is 41.9. The highest BCUT2D eigenvalue weighted by Gasteiger charge is 2.45. The molecule has 20 heteroatoms. The lowest BCUT2D eigenvalue weighted by molar-refractivity contribution is -0.705. The van der Waals surface area contributed by atoms with Gasteiger partial charge in [-0.05, 0) is 106 Å². The van der Waals surface area contributed by atoms with E-state index in [0.717, 1.165) is 148 Å². The van der Waals surface area contributed by atoms with Gasteiger partial charge in [-0.3, -0.25) is 14.7 Å². The second-order valence-corrected chi connectivity index (χ2v) is 22.5. The van der Waals surface area contributed by atoms with Crippen molar-refractivity contribution in [2.75, 3.05) is 83.7 Å². The third-order valence-corrected chi connectivity index (χ3v) is 17.4. The van der Waals surface area contributed by atoms with Crippen molar-refractivity contribution in [2.45, 2.75) is 109 Å². The number of thiazole rings is 2. The second kappa shape index (κ2) is 22.4. The van der Waals surface area contributed by atoms with Crippen molar-refractivity contribution in [3.63, 3.8) is 0 Å². The summed E-state index contributed by atoms with van der Waals surface area (Å²) in [5.41, 5.74) is 4.56. The molecule has 0 bridgehead atoms. The zero-order valence-corrected chi connectivity index (χ0v) is 43.5. The Balaban J connectivity index is 0.658. The van der Waals surface area contributed by atoms with Crippen molar-refractivity contribution in [1.82, 2.24) is 59.5 Å². The molecule has 0 radical (unpaired) electrons. The van der Waals surface area contributed by atoms with E-state index in [9.17, 15) is 0 Å². The molecule has 2 saturated heterocycles. The number of hydrogen-bond donors (Lipinski definition) is 2. The predicted octanol–water partition coefficient (Wildman–Crippen LogP) is 7.64. The van der Waals surface area contributed by atoms with Gasteiger partial charge in [-0.15, -0.1) is 0 Å². The SMILES string of the molecule is COC1CCC(Oc2nccc(-c3cnc(Nc4ncc(CN5CCN(CC[n+]6ccc(-c7cnc(Nc8ccc([C@H](C)N9CCN(C)CC9)cn8)s7)nc6OC6CCC7(CC6)CC7)CC5)cn4)s3)n2)CC1. The number of nitrogens with one attached hydrogen (secondary N) is 2. The number of hydrogen-bond acceptors (Lipinski definition) is 19. The van der Waals surface area contributed by atoms with E-state index in [2.05, 4.69) is 98.1 Å². The summed E-state index contributed by atoms with van der Waals surface area (Å²) in [5.74, 6) is 1.30. The summed E-state index contributed by atoms with van der Waals surface area (Å²) in [6, 6.07) is 9.66. The molecule has 6 aromatic rings. The maximum absolute atomic E-state index is 6.81. The fourth-order valence-corrected chi connectivity index (χ4v) is 12.1. The molecule has 2 aliphatic heterocycles. The zero-order chi connectivity index (χ0) is 48.9. The highest BCUT2D eigenvalue weighted by atomic mass is 32.1. The molecule has 0 unspecified atom stereocenters. The minimum Gasteiger partial charge on any atom is -0.460 e. The Labute approximate surface area is 430 Å². The minimum atomic E-state index is 0.104. The molecule has 380 valence electrons. The molecule has 3 saturated carbocycles. The van der Waals surface area contributed by atoms with Crippen molar-refractivity contribution in [1.29, 1.82) is 0 Å². The van der Waals surface area contributed by atoms with Crippen LogP contribution in [0.2, 0.25) is 0 Å². The van der Waals surface area contributed by atoms with E-state index in [1.54, 1.807) is 30.8 Å². The first-order valence-electron chi connectivity index (χ1n) is 26.0. The van der Waals surface area contributed by atoms with Crippen LogP contribution in [0.5, 0.6) is 12.0 Å². The number of methoxy groups -OCH3 is 1. The van der Waals surface area contributed by atoms with Gasteiger partial charge in [0.2, 0.25) is 11.6 Å². The van der Waals surface area contributed by atoms with Crippen LogP contribution < -0.4 is 24.7 Å². The number of rotatable bonds is 18. The molecule has 8 heterocycles. The number of pyridine rings is 1. The topological polar surface area (TPSA) is 172 Å². The summed E-state index contributed by atoms with van der Waals surface area (Å²) >= 11 is 3.08. The van der Waals surface area contributed by atoms with Crippen LogP contribution in [0.1, 0.15) is 88.3 Å². The number of ether oxygens (including phenoxy) is 3. The van der Waals surface area contributed by atoms with Crippen LogP contribution in [0.4, 0.5) is 22.0 Å². The second-order valence-electron chi connectivity index (χ2n) is 20.4. The first kappa shape index (κ1) is 48.9. The summed E-state index contributed by atoms with van der Waals surface area (Å²) in [6.07, 6.45) is 25.3. The molecule has 2 N–H and O–H groups in total. The number of likely N-dealkylation sites (N-methyl/N-ethyl adjacent to an activating group) is 1. The predicted molar refractivity (Wildman–Crippen MR) is 279 cm³/mol. The standard InChI is InChI=1S/C52H67N15O3S2/c1-36(66-27-20-63(2)21-28-66)38-4-9-46(54-32-38)61-49-57-34-45(71-49)43-13-19-67(51(60-43)70-41-10-14-52(15-11-41)16-17-52)29-26-64-22-24-65(25-23-64)35-37-30-55-47(56-31-37)62-50-58-33-44(72-50)42-12-18-53-48(59-42)69-40-7-5-39(68-3)6-8-40/h4,9,12-13,18-19,30-34,36,39-41H,5-8,10-11,14-17,20-29,35H2,1-3H3,(H,53,55,56,58,59,62)/p+1/t36-,39?,40?/m0/s1. The van der Waals surface area contributed by atoms with Crippen LogP contribution in [0, 0.1) is 5.41 Å². The minimum absolute atomic E-state index is 0.104. The average molecular weight is 1020 g/mol. The molecule has 3 aliphatic carbocycles.